The number of primary amides is 1. The van der Waals surface area contributed by atoms with Gasteiger partial charge < -0.3 is 10.5 Å². The number of nitrogens with zero attached hydrogens (tertiary/aromatic N) is 3. The molecule has 20 heavy (non-hydrogen) atoms. The lowest BCUT2D eigenvalue weighted by molar-refractivity contribution is -0.123. The molecule has 2 N–H and O–H groups in total. The average Bonchev–Trinajstić information content (AvgIpc) is 2.47. The summed E-state index contributed by atoms with van der Waals surface area (Å²) in [6.45, 7) is 4.01. The Morgan fingerprint density at radius 3 is 3.15 bits per heavy atom. The van der Waals surface area contributed by atoms with Crippen LogP contribution in [0.15, 0.2) is 12.3 Å². The molecule has 1 aliphatic heterocycles. The standard InChI is InChI=1S/C14H22N4O2/c1-10(14(15)19)18-7-3-4-11(8-18)12-5-6-16-13(17-12)9-20-2/h5-6,10-11H,3-4,7-9H2,1-2H3,(H2,15,19)/t10-,11-/m1/s1. The van der Waals surface area contributed by atoms with Crippen LogP contribution in [0.4, 0.5) is 0 Å². The molecule has 6 nitrogen and oxygen atoms in total. The Balaban J connectivity index is 2.08. The molecule has 2 heterocycles. The summed E-state index contributed by atoms with van der Waals surface area (Å²) in [4.78, 5) is 22.2. The van der Waals surface area contributed by atoms with E-state index in [1.54, 1.807) is 13.3 Å². The number of carbonyl (C=O) groups excluding carboxylic acids is 1. The highest BCUT2D eigenvalue weighted by Crippen LogP contribution is 2.26. The Hall–Kier alpha value is -1.53. The molecule has 6 heteroatoms. The highest BCUT2D eigenvalue weighted by atomic mass is 16.5. The fourth-order valence-electron chi connectivity index (χ4n) is 2.62. The Labute approximate surface area is 119 Å². The van der Waals surface area contributed by atoms with Crippen LogP contribution < -0.4 is 5.73 Å². The van der Waals surface area contributed by atoms with Crippen LogP contribution in [0.25, 0.3) is 0 Å². The van der Waals surface area contributed by atoms with Crippen molar-refractivity contribution < 1.29 is 9.53 Å². The first-order valence-corrected chi connectivity index (χ1v) is 6.96. The first-order chi connectivity index (χ1) is 9.61. The molecule has 0 aliphatic carbocycles. The number of rotatable bonds is 5. The van der Waals surface area contributed by atoms with Crippen molar-refractivity contribution in [2.75, 3.05) is 20.2 Å². The highest BCUT2D eigenvalue weighted by molar-refractivity contribution is 5.79. The van der Waals surface area contributed by atoms with Gasteiger partial charge in [0.1, 0.15) is 6.61 Å². The molecule has 2 atom stereocenters. The highest BCUT2D eigenvalue weighted by Gasteiger charge is 2.27. The second-order valence-corrected chi connectivity index (χ2v) is 5.24. The van der Waals surface area contributed by atoms with Gasteiger partial charge in [-0.25, -0.2) is 9.97 Å². The van der Waals surface area contributed by atoms with E-state index in [2.05, 4.69) is 14.9 Å². The number of piperidine rings is 1. The molecule has 0 aromatic carbocycles. The van der Waals surface area contributed by atoms with E-state index in [0.29, 0.717) is 18.3 Å². The molecule has 1 aromatic rings. The van der Waals surface area contributed by atoms with E-state index in [1.807, 2.05) is 13.0 Å². The SMILES string of the molecule is COCc1nccc([C@@H]2CCCN([C@H](C)C(N)=O)C2)n1. The number of nitrogens with two attached hydrogens (primary N) is 1. The number of hydrogen-bond acceptors (Lipinski definition) is 5. The van der Waals surface area contributed by atoms with Crippen molar-refractivity contribution in [3.05, 3.63) is 23.8 Å². The third-order valence-corrected chi connectivity index (χ3v) is 3.83. The lowest BCUT2D eigenvalue weighted by Crippen LogP contribution is -2.47. The second-order valence-electron chi connectivity index (χ2n) is 5.24. The minimum absolute atomic E-state index is 0.224. The molecule has 110 valence electrons. The maximum atomic E-state index is 11.3. The van der Waals surface area contributed by atoms with Crippen molar-refractivity contribution >= 4 is 5.91 Å². The van der Waals surface area contributed by atoms with Gasteiger partial charge in [-0.3, -0.25) is 9.69 Å². The third kappa shape index (κ3) is 3.52. The molecule has 1 amide bonds. The van der Waals surface area contributed by atoms with Gasteiger partial charge in [0.2, 0.25) is 5.91 Å². The molecule has 0 saturated carbocycles. The van der Waals surface area contributed by atoms with Gasteiger partial charge in [0.25, 0.3) is 0 Å². The monoisotopic (exact) mass is 278 g/mol. The van der Waals surface area contributed by atoms with Crippen LogP contribution in [0.5, 0.6) is 0 Å². The van der Waals surface area contributed by atoms with Gasteiger partial charge in [-0.1, -0.05) is 0 Å². The molecule has 1 aromatic heterocycles. The molecule has 1 aliphatic rings. The summed E-state index contributed by atoms with van der Waals surface area (Å²) in [5.41, 5.74) is 6.41. The van der Waals surface area contributed by atoms with Crippen LogP contribution in [0.1, 0.15) is 37.2 Å². The van der Waals surface area contributed by atoms with E-state index in [-0.39, 0.29) is 11.9 Å². The molecule has 1 saturated heterocycles. The van der Waals surface area contributed by atoms with Gasteiger partial charge in [0.15, 0.2) is 5.82 Å². The third-order valence-electron chi connectivity index (χ3n) is 3.83. The van der Waals surface area contributed by atoms with Crippen molar-refractivity contribution in [1.82, 2.24) is 14.9 Å². The fraction of sp³-hybridized carbons (Fsp3) is 0.643. The van der Waals surface area contributed by atoms with E-state index in [4.69, 9.17) is 10.5 Å². The van der Waals surface area contributed by atoms with Gasteiger partial charge in [-0.15, -0.1) is 0 Å². The zero-order chi connectivity index (χ0) is 14.5. The van der Waals surface area contributed by atoms with Gasteiger partial charge in [0.05, 0.1) is 6.04 Å². The summed E-state index contributed by atoms with van der Waals surface area (Å²) < 4.78 is 5.06. The first kappa shape index (κ1) is 14.9. The van der Waals surface area contributed by atoms with E-state index in [9.17, 15) is 4.79 Å². The van der Waals surface area contributed by atoms with Crippen LogP contribution in [0.3, 0.4) is 0 Å². The molecule has 1 fully saturated rings. The van der Waals surface area contributed by atoms with Crippen molar-refractivity contribution in [3.63, 3.8) is 0 Å². The fourth-order valence-corrected chi connectivity index (χ4v) is 2.62. The lowest BCUT2D eigenvalue weighted by Gasteiger charge is -2.35. The van der Waals surface area contributed by atoms with E-state index in [1.165, 1.54) is 0 Å². The second kappa shape index (κ2) is 6.76. The quantitative estimate of drug-likeness (QED) is 0.856. The van der Waals surface area contributed by atoms with Crippen LogP contribution in [0, 0.1) is 0 Å². The number of amides is 1. The van der Waals surface area contributed by atoms with E-state index >= 15 is 0 Å². The minimum atomic E-state index is -0.270. The summed E-state index contributed by atoms with van der Waals surface area (Å²) in [6.07, 6.45) is 3.89. The number of ether oxygens (including phenoxy) is 1. The Kier molecular flexibility index (Phi) is 5.03. The number of aromatic nitrogens is 2. The molecule has 0 radical (unpaired) electrons. The van der Waals surface area contributed by atoms with Crippen LogP contribution >= 0.6 is 0 Å². The maximum Gasteiger partial charge on any atom is 0.234 e. The minimum Gasteiger partial charge on any atom is -0.377 e. The molecule has 0 bridgehead atoms. The Morgan fingerprint density at radius 2 is 2.45 bits per heavy atom. The van der Waals surface area contributed by atoms with Crippen molar-refractivity contribution in [1.29, 1.82) is 0 Å². The Morgan fingerprint density at radius 1 is 1.65 bits per heavy atom. The number of likely N-dealkylation sites (tertiary alicyclic amines) is 1. The lowest BCUT2D eigenvalue weighted by atomic mass is 9.93. The predicted octanol–water partition coefficient (Wildman–Crippen LogP) is 0.676. The van der Waals surface area contributed by atoms with Gasteiger partial charge in [-0.2, -0.15) is 0 Å². The van der Waals surface area contributed by atoms with Gasteiger partial charge >= 0.3 is 0 Å². The number of methoxy groups -OCH3 is 1. The average molecular weight is 278 g/mol. The summed E-state index contributed by atoms with van der Waals surface area (Å²) in [5, 5.41) is 0. The molecule has 2 rings (SSSR count). The maximum absolute atomic E-state index is 11.3. The van der Waals surface area contributed by atoms with E-state index in [0.717, 1.165) is 31.6 Å². The van der Waals surface area contributed by atoms with Crippen molar-refractivity contribution in [2.45, 2.75) is 38.3 Å². The number of hydrogen-bond donors (Lipinski definition) is 1. The predicted molar refractivity (Wildman–Crippen MR) is 74.9 cm³/mol. The van der Waals surface area contributed by atoms with Gasteiger partial charge in [0, 0.05) is 31.5 Å². The summed E-state index contributed by atoms with van der Waals surface area (Å²) in [5.74, 6) is 0.752. The molecular weight excluding hydrogens is 256 g/mol. The van der Waals surface area contributed by atoms with Crippen LogP contribution in [-0.2, 0) is 16.1 Å². The summed E-state index contributed by atoms with van der Waals surface area (Å²) >= 11 is 0. The van der Waals surface area contributed by atoms with Gasteiger partial charge in [-0.05, 0) is 32.4 Å². The zero-order valence-corrected chi connectivity index (χ0v) is 12.1. The zero-order valence-electron chi connectivity index (χ0n) is 12.1. The topological polar surface area (TPSA) is 81.3 Å². The van der Waals surface area contributed by atoms with Crippen LogP contribution in [-0.4, -0.2) is 47.0 Å². The van der Waals surface area contributed by atoms with Crippen LogP contribution in [0.2, 0.25) is 0 Å². The smallest absolute Gasteiger partial charge is 0.234 e. The normalized spacial score (nSPS) is 21.6. The van der Waals surface area contributed by atoms with E-state index < -0.39 is 0 Å². The van der Waals surface area contributed by atoms with Crippen molar-refractivity contribution in [2.24, 2.45) is 5.73 Å². The number of carbonyl (C=O) groups is 1. The summed E-state index contributed by atoms with van der Waals surface area (Å²) in [7, 11) is 1.63. The summed E-state index contributed by atoms with van der Waals surface area (Å²) in [6, 6.07) is 1.72. The first-order valence-electron chi connectivity index (χ1n) is 6.96. The molecule has 0 unspecified atom stereocenters. The molecular formula is C14H22N4O2. The van der Waals surface area contributed by atoms with Crippen molar-refractivity contribution in [3.8, 4) is 0 Å². The largest absolute Gasteiger partial charge is 0.377 e. The Bertz CT molecular complexity index is 466. The molecule has 0 spiro atoms.